The lowest BCUT2D eigenvalue weighted by Crippen LogP contribution is -2.05. The Labute approximate surface area is 103 Å². The molecule has 0 aliphatic rings. The molecule has 0 aliphatic carbocycles. The Bertz CT molecular complexity index is 466. The number of nitrogen functional groups attached to an aromatic ring is 1. The first kappa shape index (κ1) is 11.2. The predicted molar refractivity (Wildman–Crippen MR) is 70.0 cm³/mol. The lowest BCUT2D eigenvalue weighted by atomic mass is 10.2. The molecule has 0 saturated heterocycles. The summed E-state index contributed by atoms with van der Waals surface area (Å²) in [5.41, 5.74) is 6.47. The molecular weight excluding hydrogens is 242 g/mol. The minimum Gasteiger partial charge on any atom is -0.384 e. The van der Waals surface area contributed by atoms with Gasteiger partial charge in [0.25, 0.3) is 0 Å². The number of halogens is 1. The summed E-state index contributed by atoms with van der Waals surface area (Å²) in [6.07, 6.45) is 1.72. The number of hydrogen-bond acceptors (Lipinski definition) is 4. The molecule has 84 valence electrons. The number of pyridine rings is 1. The van der Waals surface area contributed by atoms with Crippen molar-refractivity contribution in [1.82, 2.24) is 4.98 Å². The molecule has 0 radical (unpaired) electrons. The maximum absolute atomic E-state index is 5.89. The second-order valence-electron chi connectivity index (χ2n) is 3.48. The van der Waals surface area contributed by atoms with Crippen molar-refractivity contribution in [3.63, 3.8) is 0 Å². The van der Waals surface area contributed by atoms with Crippen LogP contribution in [0.5, 0.6) is 0 Å². The summed E-state index contributed by atoms with van der Waals surface area (Å²) in [4.78, 5) is 5.22. The van der Waals surface area contributed by atoms with Crippen LogP contribution in [0.25, 0.3) is 0 Å². The number of anilines is 2. The zero-order chi connectivity index (χ0) is 11.5. The Hall–Kier alpha value is -1.26. The fourth-order valence-electron chi connectivity index (χ4n) is 1.37. The highest BCUT2D eigenvalue weighted by molar-refractivity contribution is 7.16. The van der Waals surface area contributed by atoms with Gasteiger partial charge in [0.05, 0.1) is 22.3 Å². The van der Waals surface area contributed by atoms with Crippen molar-refractivity contribution in [2.24, 2.45) is 0 Å². The summed E-state index contributed by atoms with van der Waals surface area (Å²) in [5.74, 6) is 0.525. The number of nitrogens with zero attached hydrogens (tertiary/aromatic N) is 1. The fourth-order valence-corrected chi connectivity index (χ4v) is 2.44. The normalized spacial score (nSPS) is 12.4. The highest BCUT2D eigenvalue weighted by Gasteiger charge is 2.07. The van der Waals surface area contributed by atoms with Crippen molar-refractivity contribution < 1.29 is 0 Å². The first-order valence-corrected chi connectivity index (χ1v) is 6.08. The Morgan fingerprint density at radius 2 is 2.19 bits per heavy atom. The average molecular weight is 254 g/mol. The number of aromatic nitrogens is 1. The molecule has 0 aromatic carbocycles. The van der Waals surface area contributed by atoms with E-state index < -0.39 is 0 Å². The maximum Gasteiger partial charge on any atom is 0.123 e. The molecule has 0 spiro atoms. The second kappa shape index (κ2) is 4.72. The molecule has 0 amide bonds. The van der Waals surface area contributed by atoms with E-state index in [1.165, 1.54) is 4.88 Å². The van der Waals surface area contributed by atoms with E-state index in [1.54, 1.807) is 23.6 Å². The lowest BCUT2D eigenvalue weighted by molar-refractivity contribution is 0.906. The van der Waals surface area contributed by atoms with Crippen molar-refractivity contribution in [1.29, 1.82) is 0 Å². The Morgan fingerprint density at radius 1 is 1.38 bits per heavy atom. The van der Waals surface area contributed by atoms with Crippen molar-refractivity contribution in [2.45, 2.75) is 13.0 Å². The minimum atomic E-state index is 0.211. The van der Waals surface area contributed by atoms with Crippen LogP contribution in [0.2, 0.25) is 4.34 Å². The van der Waals surface area contributed by atoms with Crippen molar-refractivity contribution in [3.05, 3.63) is 39.7 Å². The zero-order valence-electron chi connectivity index (χ0n) is 8.77. The van der Waals surface area contributed by atoms with Gasteiger partial charge >= 0.3 is 0 Å². The van der Waals surface area contributed by atoms with Gasteiger partial charge in [0.15, 0.2) is 0 Å². The summed E-state index contributed by atoms with van der Waals surface area (Å²) in [5, 5.41) is 3.33. The molecule has 0 saturated carbocycles. The van der Waals surface area contributed by atoms with Crippen LogP contribution in [0.1, 0.15) is 17.8 Å². The van der Waals surface area contributed by atoms with E-state index in [0.717, 1.165) is 10.0 Å². The molecule has 2 aromatic heterocycles. The molecule has 2 rings (SSSR count). The average Bonchev–Trinajstić information content (AvgIpc) is 2.68. The number of hydrogen-bond donors (Lipinski definition) is 2. The standard InChI is InChI=1S/C11H12ClN3S/c1-7(9-3-4-10(12)16-9)15-8-2-5-11(13)14-6-8/h2-7,15H,1H3,(H2,13,14). The van der Waals surface area contributed by atoms with Crippen LogP contribution in [0.4, 0.5) is 11.5 Å². The predicted octanol–water partition coefficient (Wildman–Crippen LogP) is 3.55. The molecular formula is C11H12ClN3S. The molecule has 16 heavy (non-hydrogen) atoms. The molecule has 3 N–H and O–H groups in total. The number of nitrogens with one attached hydrogen (secondary N) is 1. The second-order valence-corrected chi connectivity index (χ2v) is 5.23. The first-order chi connectivity index (χ1) is 7.65. The van der Waals surface area contributed by atoms with E-state index in [9.17, 15) is 0 Å². The van der Waals surface area contributed by atoms with Gasteiger partial charge in [-0.05, 0) is 31.2 Å². The van der Waals surface area contributed by atoms with E-state index >= 15 is 0 Å². The van der Waals surface area contributed by atoms with E-state index in [0.29, 0.717) is 5.82 Å². The van der Waals surface area contributed by atoms with Crippen LogP contribution in [0, 0.1) is 0 Å². The summed E-state index contributed by atoms with van der Waals surface area (Å²) in [6, 6.07) is 7.82. The van der Waals surface area contributed by atoms with Crippen LogP contribution < -0.4 is 11.1 Å². The van der Waals surface area contributed by atoms with Gasteiger partial charge in [0.1, 0.15) is 5.82 Å². The summed E-state index contributed by atoms with van der Waals surface area (Å²) < 4.78 is 0.805. The quantitative estimate of drug-likeness (QED) is 0.880. The van der Waals surface area contributed by atoms with Crippen LogP contribution in [-0.4, -0.2) is 4.98 Å². The van der Waals surface area contributed by atoms with Gasteiger partial charge in [0, 0.05) is 4.88 Å². The highest BCUT2D eigenvalue weighted by atomic mass is 35.5. The molecule has 1 atom stereocenters. The van der Waals surface area contributed by atoms with E-state index in [2.05, 4.69) is 17.2 Å². The van der Waals surface area contributed by atoms with Gasteiger partial charge in [-0.1, -0.05) is 11.6 Å². The third-order valence-electron chi connectivity index (χ3n) is 2.19. The summed E-state index contributed by atoms with van der Waals surface area (Å²) in [6.45, 7) is 2.08. The Kier molecular flexibility index (Phi) is 3.31. The highest BCUT2D eigenvalue weighted by Crippen LogP contribution is 2.28. The van der Waals surface area contributed by atoms with Gasteiger partial charge in [0.2, 0.25) is 0 Å². The van der Waals surface area contributed by atoms with Crippen molar-refractivity contribution in [2.75, 3.05) is 11.1 Å². The van der Waals surface area contributed by atoms with Crippen molar-refractivity contribution >= 4 is 34.4 Å². The molecule has 0 aliphatic heterocycles. The molecule has 1 unspecified atom stereocenters. The lowest BCUT2D eigenvalue weighted by Gasteiger charge is -2.13. The molecule has 2 aromatic rings. The third kappa shape index (κ3) is 2.65. The Morgan fingerprint density at radius 3 is 2.75 bits per heavy atom. The molecule has 0 bridgehead atoms. The number of rotatable bonds is 3. The van der Waals surface area contributed by atoms with Crippen LogP contribution in [0.3, 0.4) is 0 Å². The van der Waals surface area contributed by atoms with E-state index in [1.807, 2.05) is 18.2 Å². The maximum atomic E-state index is 5.89. The summed E-state index contributed by atoms with van der Waals surface area (Å²) in [7, 11) is 0. The van der Waals surface area contributed by atoms with Gasteiger partial charge in [-0.15, -0.1) is 11.3 Å². The number of nitrogens with two attached hydrogens (primary N) is 1. The largest absolute Gasteiger partial charge is 0.384 e. The Balaban J connectivity index is 2.07. The molecule has 3 nitrogen and oxygen atoms in total. The topological polar surface area (TPSA) is 50.9 Å². The van der Waals surface area contributed by atoms with Crippen LogP contribution >= 0.6 is 22.9 Å². The van der Waals surface area contributed by atoms with Gasteiger partial charge in [-0.25, -0.2) is 4.98 Å². The van der Waals surface area contributed by atoms with Crippen molar-refractivity contribution in [3.8, 4) is 0 Å². The van der Waals surface area contributed by atoms with Gasteiger partial charge in [-0.2, -0.15) is 0 Å². The first-order valence-electron chi connectivity index (χ1n) is 4.88. The molecule has 0 fully saturated rings. The van der Waals surface area contributed by atoms with Gasteiger partial charge < -0.3 is 11.1 Å². The van der Waals surface area contributed by atoms with Crippen LogP contribution in [-0.2, 0) is 0 Å². The van der Waals surface area contributed by atoms with E-state index in [4.69, 9.17) is 17.3 Å². The number of thiophene rings is 1. The molecule has 5 heteroatoms. The van der Waals surface area contributed by atoms with Gasteiger partial charge in [-0.3, -0.25) is 0 Å². The summed E-state index contributed by atoms with van der Waals surface area (Å²) >= 11 is 7.47. The van der Waals surface area contributed by atoms with Crippen LogP contribution in [0.15, 0.2) is 30.5 Å². The third-order valence-corrected chi connectivity index (χ3v) is 3.60. The SMILES string of the molecule is CC(Nc1ccc(N)nc1)c1ccc(Cl)s1. The zero-order valence-corrected chi connectivity index (χ0v) is 10.3. The molecule has 2 heterocycles. The fraction of sp³-hybridized carbons (Fsp3) is 0.182. The minimum absolute atomic E-state index is 0.211. The smallest absolute Gasteiger partial charge is 0.123 e. The monoisotopic (exact) mass is 253 g/mol. The van der Waals surface area contributed by atoms with E-state index in [-0.39, 0.29) is 6.04 Å².